The summed E-state index contributed by atoms with van der Waals surface area (Å²) in [5.74, 6) is 2.59. The second-order valence-corrected chi connectivity index (χ2v) is 15.7. The number of terminal acetylenes is 1. The quantitative estimate of drug-likeness (QED) is 0.112. The highest BCUT2D eigenvalue weighted by molar-refractivity contribution is 7.52. The number of aromatic nitrogens is 4. The fraction of sp³-hybridized carbons (Fsp3) is 0.486. The number of aliphatic hydroxyl groups excluding tert-OH is 1. The molecule has 13 nitrogen and oxygen atoms in total. The summed E-state index contributed by atoms with van der Waals surface area (Å²) in [7, 11) is -2.54. The molecule has 0 spiro atoms. The average Bonchev–Trinajstić information content (AvgIpc) is 3.80. The molecule has 1 aliphatic carbocycles. The van der Waals surface area contributed by atoms with E-state index in [-0.39, 0.29) is 23.4 Å². The number of benzene rings is 2. The third-order valence-corrected chi connectivity index (χ3v) is 10.2. The van der Waals surface area contributed by atoms with Gasteiger partial charge in [0.15, 0.2) is 23.2 Å². The van der Waals surface area contributed by atoms with Crippen LogP contribution in [0.25, 0.3) is 21.9 Å². The number of hydrogen-bond acceptors (Lipinski definition) is 11. The molecule has 266 valence electrons. The SMILES string of the molecule is C#C[C@@]1(F)[C@H](O)[C@@H](CO[P@@](=O)(N[C@@H](C)C(=O)OCC(C)(C)C)Oc2cccc3ccccc23)O[C@H]1n1cnc2c(N(C)C3CC3)nc(C)nc21. The summed E-state index contributed by atoms with van der Waals surface area (Å²) in [6.07, 6.45) is 4.14. The molecule has 0 amide bonds. The van der Waals surface area contributed by atoms with Crippen molar-refractivity contribution in [2.24, 2.45) is 5.41 Å². The van der Waals surface area contributed by atoms with Crippen molar-refractivity contribution in [2.45, 2.75) is 83.6 Å². The summed E-state index contributed by atoms with van der Waals surface area (Å²) in [5, 5.41) is 15.3. The Kier molecular flexibility index (Phi) is 9.67. The van der Waals surface area contributed by atoms with Gasteiger partial charge in [-0.3, -0.25) is 13.9 Å². The molecule has 2 aliphatic rings. The van der Waals surface area contributed by atoms with Crippen LogP contribution < -0.4 is 14.5 Å². The van der Waals surface area contributed by atoms with Gasteiger partial charge in [0.25, 0.3) is 0 Å². The Labute approximate surface area is 290 Å². The Morgan fingerprint density at radius 1 is 1.26 bits per heavy atom. The van der Waals surface area contributed by atoms with E-state index < -0.39 is 50.5 Å². The molecule has 2 fully saturated rings. The molecular formula is C35H42FN6O7P. The normalized spacial score (nSPS) is 24.1. The monoisotopic (exact) mass is 708 g/mol. The van der Waals surface area contributed by atoms with E-state index in [0.29, 0.717) is 28.6 Å². The number of rotatable bonds is 12. The average molecular weight is 709 g/mol. The molecule has 50 heavy (non-hydrogen) atoms. The predicted molar refractivity (Wildman–Crippen MR) is 185 cm³/mol. The number of fused-ring (bicyclic) bond motifs is 2. The molecule has 0 bridgehead atoms. The van der Waals surface area contributed by atoms with Gasteiger partial charge < -0.3 is 24.0 Å². The Hall–Kier alpha value is -4.12. The fourth-order valence-corrected chi connectivity index (χ4v) is 7.26. The topological polar surface area (TPSA) is 150 Å². The van der Waals surface area contributed by atoms with Gasteiger partial charge in [-0.1, -0.05) is 63.1 Å². The van der Waals surface area contributed by atoms with Gasteiger partial charge in [-0.15, -0.1) is 6.42 Å². The number of nitrogens with one attached hydrogen (secondary N) is 1. The molecule has 0 unspecified atom stereocenters. The van der Waals surface area contributed by atoms with E-state index in [0.717, 1.165) is 18.2 Å². The number of imidazole rings is 1. The van der Waals surface area contributed by atoms with Crippen LogP contribution in [0, 0.1) is 24.7 Å². The summed E-state index contributed by atoms with van der Waals surface area (Å²) in [6, 6.07) is 11.6. The van der Waals surface area contributed by atoms with Crippen LogP contribution in [0.1, 0.15) is 52.6 Å². The predicted octanol–water partition coefficient (Wildman–Crippen LogP) is 5.26. The van der Waals surface area contributed by atoms with Crippen molar-refractivity contribution in [3.05, 3.63) is 54.6 Å². The van der Waals surface area contributed by atoms with Crippen LogP contribution in [-0.2, 0) is 23.4 Å². The van der Waals surface area contributed by atoms with Crippen molar-refractivity contribution in [3.63, 3.8) is 0 Å². The zero-order valence-corrected chi connectivity index (χ0v) is 29.8. The van der Waals surface area contributed by atoms with Gasteiger partial charge in [0, 0.05) is 18.5 Å². The van der Waals surface area contributed by atoms with Crippen molar-refractivity contribution in [2.75, 3.05) is 25.2 Å². The zero-order chi connectivity index (χ0) is 36.0. The third kappa shape index (κ3) is 7.20. The highest BCUT2D eigenvalue weighted by Gasteiger charge is 2.58. The van der Waals surface area contributed by atoms with Crippen molar-refractivity contribution >= 4 is 41.5 Å². The summed E-state index contributed by atoms with van der Waals surface area (Å²) in [6.45, 7) is 8.37. The lowest BCUT2D eigenvalue weighted by Gasteiger charge is -2.26. The maximum Gasteiger partial charge on any atom is 0.459 e. The standard InChI is InChI=1S/C35H42FN6O7P/c1-8-35(36)29(43)27(48-33(35)42-20-37-28-30(41(7)24-16-17-24)38-22(3)39-31(28)42)18-47-50(45,40-21(2)32(44)46-19-34(4,5)6)49-26-15-11-13-23-12-9-10-14-25(23)26/h1,9-15,20-21,24,27,29,33,43H,16-19H2,2-7H3,(H,40,45)/t21-,27+,29+,33+,35+,50-/m0/s1. The number of hydrogen-bond donors (Lipinski definition) is 2. The first kappa shape index (κ1) is 35.7. The molecule has 6 atom stereocenters. The number of alkyl halides is 1. The lowest BCUT2D eigenvalue weighted by Crippen LogP contribution is -2.42. The Balaban J connectivity index is 1.27. The van der Waals surface area contributed by atoms with Crippen LogP contribution in [0.3, 0.4) is 0 Å². The number of aryl methyl sites for hydroxylation is 1. The second-order valence-electron chi connectivity index (χ2n) is 14.0. The van der Waals surface area contributed by atoms with Crippen molar-refractivity contribution in [1.82, 2.24) is 24.6 Å². The lowest BCUT2D eigenvalue weighted by molar-refractivity contribution is -0.148. The molecule has 1 saturated heterocycles. The Morgan fingerprint density at radius 3 is 2.68 bits per heavy atom. The second kappa shape index (κ2) is 13.5. The van der Waals surface area contributed by atoms with Crippen LogP contribution in [0.5, 0.6) is 5.75 Å². The minimum absolute atomic E-state index is 0.118. The summed E-state index contributed by atoms with van der Waals surface area (Å²) in [4.78, 5) is 28.5. The van der Waals surface area contributed by atoms with Crippen LogP contribution in [0.2, 0.25) is 0 Å². The molecule has 6 rings (SSSR count). The van der Waals surface area contributed by atoms with E-state index in [1.165, 1.54) is 17.8 Å². The largest absolute Gasteiger partial charge is 0.464 e. The van der Waals surface area contributed by atoms with E-state index in [9.17, 15) is 14.5 Å². The van der Waals surface area contributed by atoms with Gasteiger partial charge in [-0.05, 0) is 43.6 Å². The van der Waals surface area contributed by atoms with Crippen molar-refractivity contribution in [3.8, 4) is 18.1 Å². The smallest absolute Gasteiger partial charge is 0.459 e. The number of aliphatic hydroxyl groups is 1. The van der Waals surface area contributed by atoms with Gasteiger partial charge in [0.1, 0.15) is 29.8 Å². The minimum Gasteiger partial charge on any atom is -0.464 e. The molecule has 15 heteroatoms. The van der Waals surface area contributed by atoms with Gasteiger partial charge in [0.05, 0.1) is 19.5 Å². The van der Waals surface area contributed by atoms with Gasteiger partial charge in [-0.2, -0.15) is 5.09 Å². The first-order chi connectivity index (χ1) is 23.6. The maximum absolute atomic E-state index is 16.6. The fourth-order valence-electron chi connectivity index (χ4n) is 5.74. The molecule has 2 aromatic carbocycles. The number of nitrogens with zero attached hydrogens (tertiary/aromatic N) is 5. The first-order valence-corrected chi connectivity index (χ1v) is 18.0. The van der Waals surface area contributed by atoms with Crippen molar-refractivity contribution < 1.29 is 37.4 Å². The molecule has 2 aromatic heterocycles. The Morgan fingerprint density at radius 2 is 1.98 bits per heavy atom. The number of anilines is 1. The van der Waals surface area contributed by atoms with Crippen LogP contribution in [-0.4, -0.2) is 80.8 Å². The van der Waals surface area contributed by atoms with Gasteiger partial charge in [0.2, 0.25) is 5.67 Å². The van der Waals surface area contributed by atoms with E-state index in [2.05, 4.69) is 26.0 Å². The first-order valence-electron chi connectivity index (χ1n) is 16.4. The summed E-state index contributed by atoms with van der Waals surface area (Å²) in [5.41, 5.74) is -2.38. The number of esters is 1. The molecule has 1 aliphatic heterocycles. The molecule has 1 saturated carbocycles. The van der Waals surface area contributed by atoms with E-state index in [4.69, 9.17) is 24.9 Å². The Bertz CT molecular complexity index is 1990. The third-order valence-electron chi connectivity index (χ3n) is 8.59. The number of carbonyl (C=O) groups excluding carboxylic acids is 1. The van der Waals surface area contributed by atoms with E-state index >= 15 is 4.39 Å². The number of ether oxygens (including phenoxy) is 2. The molecule has 3 heterocycles. The van der Waals surface area contributed by atoms with E-state index in [1.807, 2.05) is 50.9 Å². The lowest BCUT2D eigenvalue weighted by atomic mass is 9.97. The van der Waals surface area contributed by atoms with Crippen LogP contribution in [0.15, 0.2) is 48.8 Å². The van der Waals surface area contributed by atoms with Crippen molar-refractivity contribution in [1.29, 1.82) is 0 Å². The molecule has 0 radical (unpaired) electrons. The summed E-state index contributed by atoms with van der Waals surface area (Å²) >= 11 is 0. The molecular weight excluding hydrogens is 666 g/mol. The van der Waals surface area contributed by atoms with Crippen LogP contribution in [0.4, 0.5) is 10.2 Å². The number of carbonyl (C=O) groups is 1. The highest BCUT2D eigenvalue weighted by atomic mass is 31.2. The number of halogens is 1. The summed E-state index contributed by atoms with van der Waals surface area (Å²) < 4.78 is 55.7. The molecule has 4 aromatic rings. The van der Waals surface area contributed by atoms with Crippen LogP contribution >= 0.6 is 7.75 Å². The highest BCUT2D eigenvalue weighted by Crippen LogP contribution is 2.49. The zero-order valence-electron chi connectivity index (χ0n) is 28.9. The maximum atomic E-state index is 16.6. The molecule has 2 N–H and O–H groups in total. The minimum atomic E-state index is -4.46. The van der Waals surface area contributed by atoms with E-state index in [1.54, 1.807) is 31.2 Å². The van der Waals surface area contributed by atoms with Gasteiger partial charge >= 0.3 is 13.7 Å². The van der Waals surface area contributed by atoms with Gasteiger partial charge in [-0.25, -0.2) is 23.9 Å².